The number of hydrogen-bond acceptors (Lipinski definition) is 2. The molecule has 2 rings (SSSR count). The highest BCUT2D eigenvalue weighted by Gasteiger charge is 2.43. The molecule has 0 bridgehead atoms. The van der Waals surface area contributed by atoms with E-state index < -0.39 is 0 Å². The zero-order valence-corrected chi connectivity index (χ0v) is 11.8. The second kappa shape index (κ2) is 4.91. The van der Waals surface area contributed by atoms with E-state index in [1.807, 2.05) is 12.1 Å². The number of Topliss-reactive ketones (excluding diaryl/α,β-unsaturated/α-hetero) is 1. The molecular formula is C14H17BrO2. The van der Waals surface area contributed by atoms with Gasteiger partial charge in [-0.15, -0.1) is 0 Å². The maximum Gasteiger partial charge on any atom is 0.169 e. The molecular weight excluding hydrogens is 280 g/mol. The lowest BCUT2D eigenvalue weighted by Crippen LogP contribution is -2.28. The van der Waals surface area contributed by atoms with Gasteiger partial charge in [-0.3, -0.25) is 4.79 Å². The van der Waals surface area contributed by atoms with Gasteiger partial charge in [0.05, 0.1) is 0 Å². The first-order valence-electron chi connectivity index (χ1n) is 5.95. The van der Waals surface area contributed by atoms with Gasteiger partial charge in [0.25, 0.3) is 0 Å². The number of fused-ring (bicyclic) bond motifs is 1. The molecule has 1 aliphatic carbocycles. The van der Waals surface area contributed by atoms with Gasteiger partial charge in [0.2, 0.25) is 0 Å². The normalized spacial score (nSPS) is 22.9. The predicted molar refractivity (Wildman–Crippen MR) is 71.4 cm³/mol. The molecule has 1 aromatic rings. The lowest BCUT2D eigenvalue weighted by atomic mass is 9.78. The third-order valence-electron chi connectivity index (χ3n) is 3.79. The van der Waals surface area contributed by atoms with Gasteiger partial charge in [-0.05, 0) is 37.0 Å². The fraction of sp³-hybridized carbons (Fsp3) is 0.500. The fourth-order valence-electron chi connectivity index (χ4n) is 2.61. The van der Waals surface area contributed by atoms with Crippen molar-refractivity contribution in [3.63, 3.8) is 0 Å². The monoisotopic (exact) mass is 296 g/mol. The molecule has 17 heavy (non-hydrogen) atoms. The summed E-state index contributed by atoms with van der Waals surface area (Å²) in [6.45, 7) is 2.74. The third-order valence-corrected chi connectivity index (χ3v) is 4.28. The van der Waals surface area contributed by atoms with E-state index in [1.54, 1.807) is 7.11 Å². The van der Waals surface area contributed by atoms with E-state index >= 15 is 0 Å². The van der Waals surface area contributed by atoms with Crippen molar-refractivity contribution in [3.05, 3.63) is 33.8 Å². The average molecular weight is 297 g/mol. The van der Waals surface area contributed by atoms with Crippen molar-refractivity contribution in [2.24, 2.45) is 5.41 Å². The molecule has 92 valence electrons. The van der Waals surface area contributed by atoms with Gasteiger partial charge in [0, 0.05) is 29.2 Å². The lowest BCUT2D eigenvalue weighted by Gasteiger charge is -2.25. The molecule has 3 heteroatoms. The van der Waals surface area contributed by atoms with Crippen molar-refractivity contribution >= 4 is 21.7 Å². The highest BCUT2D eigenvalue weighted by Crippen LogP contribution is 2.42. The van der Waals surface area contributed by atoms with Crippen LogP contribution in [0, 0.1) is 5.41 Å². The number of benzene rings is 1. The Hall–Kier alpha value is -0.670. The van der Waals surface area contributed by atoms with Crippen LogP contribution in [0.25, 0.3) is 0 Å². The average Bonchev–Trinajstić information content (AvgIpc) is 2.61. The minimum atomic E-state index is -0.237. The van der Waals surface area contributed by atoms with E-state index in [2.05, 4.69) is 28.9 Å². The summed E-state index contributed by atoms with van der Waals surface area (Å²) in [6, 6.07) is 6.01. The van der Waals surface area contributed by atoms with Gasteiger partial charge < -0.3 is 4.74 Å². The van der Waals surface area contributed by atoms with Crippen LogP contribution in [-0.2, 0) is 11.2 Å². The standard InChI is InChI=1S/C14H17BrO2/c1-3-14(6-7-17-2)9-10-4-5-11(15)8-12(10)13(14)16/h4-5,8H,3,6-7,9H2,1-2H3. The van der Waals surface area contributed by atoms with Crippen LogP contribution in [0.4, 0.5) is 0 Å². The van der Waals surface area contributed by atoms with Crippen LogP contribution in [0.2, 0.25) is 0 Å². The van der Waals surface area contributed by atoms with Crippen molar-refractivity contribution in [1.29, 1.82) is 0 Å². The number of halogens is 1. The van der Waals surface area contributed by atoms with E-state index in [1.165, 1.54) is 5.56 Å². The van der Waals surface area contributed by atoms with E-state index in [0.717, 1.165) is 29.3 Å². The molecule has 0 N–H and O–H groups in total. The lowest BCUT2D eigenvalue weighted by molar-refractivity contribution is 0.0723. The first-order chi connectivity index (χ1) is 8.13. The minimum Gasteiger partial charge on any atom is -0.385 e. The molecule has 0 fully saturated rings. The van der Waals surface area contributed by atoms with Crippen molar-refractivity contribution in [2.45, 2.75) is 26.2 Å². The molecule has 0 saturated heterocycles. The predicted octanol–water partition coefficient (Wildman–Crippen LogP) is 3.62. The molecule has 0 amide bonds. The Labute approximate surface area is 110 Å². The Balaban J connectivity index is 2.34. The molecule has 0 radical (unpaired) electrons. The van der Waals surface area contributed by atoms with Crippen molar-refractivity contribution in [1.82, 2.24) is 0 Å². The Morgan fingerprint density at radius 2 is 2.24 bits per heavy atom. The number of carbonyl (C=O) groups is 1. The first kappa shape index (κ1) is 12.8. The summed E-state index contributed by atoms with van der Waals surface area (Å²) in [6.07, 6.45) is 2.54. The maximum atomic E-state index is 12.5. The first-order valence-corrected chi connectivity index (χ1v) is 6.74. The van der Waals surface area contributed by atoms with Crippen LogP contribution in [0.5, 0.6) is 0 Å². The van der Waals surface area contributed by atoms with Crippen molar-refractivity contribution < 1.29 is 9.53 Å². The summed E-state index contributed by atoms with van der Waals surface area (Å²) in [7, 11) is 1.69. The Bertz CT molecular complexity index is 442. The molecule has 0 heterocycles. The van der Waals surface area contributed by atoms with E-state index in [4.69, 9.17) is 4.74 Å². The highest BCUT2D eigenvalue weighted by molar-refractivity contribution is 9.10. The van der Waals surface area contributed by atoms with Crippen LogP contribution >= 0.6 is 15.9 Å². The third kappa shape index (κ3) is 2.18. The highest BCUT2D eigenvalue weighted by atomic mass is 79.9. The van der Waals surface area contributed by atoms with E-state index in [9.17, 15) is 4.79 Å². The van der Waals surface area contributed by atoms with Crippen LogP contribution in [-0.4, -0.2) is 19.5 Å². The van der Waals surface area contributed by atoms with Crippen LogP contribution in [0.3, 0.4) is 0 Å². The zero-order valence-electron chi connectivity index (χ0n) is 10.3. The summed E-state index contributed by atoms with van der Waals surface area (Å²) in [4.78, 5) is 12.5. The van der Waals surface area contributed by atoms with Crippen LogP contribution in [0.1, 0.15) is 35.7 Å². The topological polar surface area (TPSA) is 26.3 Å². The van der Waals surface area contributed by atoms with Crippen LogP contribution in [0.15, 0.2) is 22.7 Å². The van der Waals surface area contributed by atoms with Gasteiger partial charge >= 0.3 is 0 Å². The molecule has 2 nitrogen and oxygen atoms in total. The van der Waals surface area contributed by atoms with E-state index in [0.29, 0.717) is 6.61 Å². The van der Waals surface area contributed by atoms with Crippen molar-refractivity contribution in [3.8, 4) is 0 Å². The molecule has 0 aromatic heterocycles. The number of methoxy groups -OCH3 is 1. The Morgan fingerprint density at radius 3 is 2.88 bits per heavy atom. The minimum absolute atomic E-state index is 0.237. The number of rotatable bonds is 4. The number of ether oxygens (including phenoxy) is 1. The molecule has 1 aliphatic rings. The van der Waals surface area contributed by atoms with Gasteiger partial charge in [-0.1, -0.05) is 28.9 Å². The summed E-state index contributed by atoms with van der Waals surface area (Å²) >= 11 is 3.43. The smallest absolute Gasteiger partial charge is 0.169 e. The zero-order chi connectivity index (χ0) is 12.5. The molecule has 1 unspecified atom stereocenters. The fourth-order valence-corrected chi connectivity index (χ4v) is 2.97. The molecule has 1 atom stereocenters. The maximum absolute atomic E-state index is 12.5. The van der Waals surface area contributed by atoms with Gasteiger partial charge in [0.1, 0.15) is 0 Å². The number of carbonyl (C=O) groups excluding carboxylic acids is 1. The number of ketones is 1. The molecule has 0 saturated carbocycles. The van der Waals surface area contributed by atoms with Gasteiger partial charge in [-0.2, -0.15) is 0 Å². The van der Waals surface area contributed by atoms with Crippen molar-refractivity contribution in [2.75, 3.05) is 13.7 Å². The summed E-state index contributed by atoms with van der Waals surface area (Å²) in [5.74, 6) is 0.286. The van der Waals surface area contributed by atoms with Crippen LogP contribution < -0.4 is 0 Å². The summed E-state index contributed by atoms with van der Waals surface area (Å²) in [5.41, 5.74) is 1.83. The second-order valence-electron chi connectivity index (χ2n) is 4.68. The largest absolute Gasteiger partial charge is 0.385 e. The van der Waals surface area contributed by atoms with E-state index in [-0.39, 0.29) is 11.2 Å². The van der Waals surface area contributed by atoms with Gasteiger partial charge in [0.15, 0.2) is 5.78 Å². The Morgan fingerprint density at radius 1 is 1.47 bits per heavy atom. The summed E-state index contributed by atoms with van der Waals surface area (Å²) in [5, 5.41) is 0. The number of hydrogen-bond donors (Lipinski definition) is 0. The molecule has 0 aliphatic heterocycles. The second-order valence-corrected chi connectivity index (χ2v) is 5.60. The molecule has 1 aromatic carbocycles. The quantitative estimate of drug-likeness (QED) is 0.848. The van der Waals surface area contributed by atoms with Gasteiger partial charge in [-0.25, -0.2) is 0 Å². The molecule has 0 spiro atoms. The SMILES string of the molecule is CCC1(CCOC)Cc2ccc(Br)cc2C1=O. The summed E-state index contributed by atoms with van der Waals surface area (Å²) < 4.78 is 6.12. The Kier molecular flexibility index (Phi) is 3.69.